The predicted molar refractivity (Wildman–Crippen MR) is 153 cm³/mol. The van der Waals surface area contributed by atoms with E-state index >= 15 is 0 Å². The number of hydrogen-bond donors (Lipinski definition) is 0. The molecule has 3 aromatic carbocycles. The quantitative estimate of drug-likeness (QED) is 0.257. The highest BCUT2D eigenvalue weighted by Gasteiger charge is 2.54. The first-order chi connectivity index (χ1) is 17.0. The van der Waals surface area contributed by atoms with Crippen molar-refractivity contribution in [2.45, 2.75) is 33.6 Å². The third-order valence-corrected chi connectivity index (χ3v) is 16.7. The van der Waals surface area contributed by atoms with Gasteiger partial charge >= 0.3 is 0 Å². The van der Waals surface area contributed by atoms with Crippen LogP contribution in [0.1, 0.15) is 47.3 Å². The summed E-state index contributed by atoms with van der Waals surface area (Å²) >= 11 is 0. The van der Waals surface area contributed by atoms with Crippen molar-refractivity contribution in [2.75, 3.05) is 13.3 Å². The monoisotopic (exact) mass is 494 g/mol. The van der Waals surface area contributed by atoms with E-state index < -0.39 is 7.22 Å². The van der Waals surface area contributed by atoms with Gasteiger partial charge in [-0.25, -0.2) is 0 Å². The van der Waals surface area contributed by atoms with Crippen LogP contribution < -0.4 is 4.74 Å². The number of rotatable bonds is 4. The Morgan fingerprint density at radius 1 is 0.771 bits per heavy atom. The average molecular weight is 495 g/mol. The number of methoxy groups -OCH3 is 1. The summed E-state index contributed by atoms with van der Waals surface area (Å²) in [7, 11) is 1.03. The molecule has 0 N–H and O–H groups in total. The normalized spacial score (nSPS) is 23.4. The van der Waals surface area contributed by atoms with Crippen LogP contribution in [0.4, 0.5) is 0 Å². The number of allylic oxidation sites excluding steroid dienone is 1. The zero-order valence-corrected chi connectivity index (χ0v) is 23.0. The lowest BCUT2D eigenvalue weighted by Crippen LogP contribution is -2.30. The zero-order chi connectivity index (χ0) is 24.3. The summed E-state index contributed by atoms with van der Waals surface area (Å²) in [6, 6.07) is 31.4. The van der Waals surface area contributed by atoms with Gasteiger partial charge in [-0.3, -0.25) is 0 Å². The molecule has 0 saturated carbocycles. The van der Waals surface area contributed by atoms with Gasteiger partial charge in [0.25, 0.3) is 0 Å². The molecule has 0 saturated heterocycles. The lowest BCUT2D eigenvalue weighted by molar-refractivity contribution is 0.401. The van der Waals surface area contributed by atoms with E-state index in [4.69, 9.17) is 4.74 Å². The predicted octanol–water partition coefficient (Wildman–Crippen LogP) is 9.81. The molecule has 1 unspecified atom stereocenters. The standard InChI is InChI=1S/C32H32OP2/c1-21-22(2)30-28(24-16-18-27(33-5)19-17-24)32(4)20-34(31(23(32)3)26-14-10-7-11-15-26)35(30)29(21)25-12-8-6-9-13-25/h6-19,28H,20H2,1-5H3/t28-,32+,34-,35?/m0/s1. The van der Waals surface area contributed by atoms with Gasteiger partial charge in [-0.15, -0.1) is 0 Å². The highest BCUT2D eigenvalue weighted by atomic mass is 32.1. The van der Waals surface area contributed by atoms with Gasteiger partial charge in [-0.2, -0.15) is 0 Å². The van der Waals surface area contributed by atoms with Crippen LogP contribution in [0.25, 0.3) is 16.2 Å². The minimum atomic E-state index is -0.421. The van der Waals surface area contributed by atoms with Gasteiger partial charge in [0, 0.05) is 16.6 Å². The summed E-state index contributed by atoms with van der Waals surface area (Å²) in [6.45, 7) is 9.76. The molecule has 0 radical (unpaired) electrons. The third-order valence-electron chi connectivity index (χ3n) is 8.39. The molecular weight excluding hydrogens is 462 g/mol. The van der Waals surface area contributed by atoms with Crippen LogP contribution in [0.5, 0.6) is 5.75 Å². The fourth-order valence-corrected chi connectivity index (χ4v) is 17.6. The fourth-order valence-electron chi connectivity index (χ4n) is 6.37. The van der Waals surface area contributed by atoms with Gasteiger partial charge < -0.3 is 4.74 Å². The van der Waals surface area contributed by atoms with Crippen molar-refractivity contribution in [2.24, 2.45) is 5.41 Å². The van der Waals surface area contributed by atoms with E-state index in [1.807, 2.05) is 0 Å². The van der Waals surface area contributed by atoms with Crippen molar-refractivity contribution in [3.63, 3.8) is 0 Å². The second-order valence-corrected chi connectivity index (χ2v) is 15.9. The number of ether oxygens (including phenoxy) is 1. The Kier molecular flexibility index (Phi) is 5.56. The smallest absolute Gasteiger partial charge is 0.118 e. The van der Waals surface area contributed by atoms with Crippen molar-refractivity contribution >= 4 is 20.1 Å². The Bertz CT molecular complexity index is 1430. The second kappa shape index (κ2) is 8.51. The fraction of sp³-hybridized carbons (Fsp3) is 0.250. The maximum absolute atomic E-state index is 5.52. The average Bonchev–Trinajstić information content (AvgIpc) is 3.28. The molecule has 1 nitrogen and oxygen atoms in total. The minimum Gasteiger partial charge on any atom is -0.497 e. The molecule has 0 spiro atoms. The van der Waals surface area contributed by atoms with Crippen molar-refractivity contribution in [1.29, 1.82) is 0 Å². The molecule has 176 valence electrons. The molecule has 4 aromatic rings. The lowest BCUT2D eigenvalue weighted by atomic mass is 9.68. The molecule has 0 fully saturated rings. The van der Waals surface area contributed by atoms with Gasteiger partial charge in [0.05, 0.1) is 7.11 Å². The van der Waals surface area contributed by atoms with Crippen LogP contribution in [0, 0.1) is 19.3 Å². The molecule has 2 aliphatic heterocycles. The summed E-state index contributed by atoms with van der Waals surface area (Å²) in [5, 5.41) is 5.02. The maximum Gasteiger partial charge on any atom is 0.118 e. The first-order valence-corrected chi connectivity index (χ1v) is 16.0. The number of hydrogen-bond acceptors (Lipinski definition) is 1. The molecule has 3 heterocycles. The Morgan fingerprint density at radius 2 is 1.37 bits per heavy atom. The van der Waals surface area contributed by atoms with Gasteiger partial charge in [-0.05, 0) is 85.1 Å². The highest BCUT2D eigenvalue weighted by molar-refractivity contribution is 8.32. The molecule has 3 heteroatoms. The van der Waals surface area contributed by atoms with E-state index in [0.717, 1.165) is 5.75 Å². The van der Waals surface area contributed by atoms with Crippen LogP contribution in [0.3, 0.4) is 0 Å². The summed E-state index contributed by atoms with van der Waals surface area (Å²) in [5.74, 6) is 1.33. The molecule has 1 aromatic heterocycles. The van der Waals surface area contributed by atoms with Gasteiger partial charge in [0.1, 0.15) is 5.75 Å². The van der Waals surface area contributed by atoms with Crippen molar-refractivity contribution in [3.8, 4) is 16.6 Å². The molecule has 2 bridgehead atoms. The van der Waals surface area contributed by atoms with Crippen LogP contribution in [-0.4, -0.2) is 13.3 Å². The maximum atomic E-state index is 5.52. The lowest BCUT2D eigenvalue weighted by Gasteiger charge is -2.42. The van der Waals surface area contributed by atoms with Gasteiger partial charge in [0.15, 0.2) is 0 Å². The van der Waals surface area contributed by atoms with Crippen LogP contribution >= 0.6 is 14.8 Å². The first kappa shape index (κ1) is 22.8. The summed E-state index contributed by atoms with van der Waals surface area (Å²) in [5.41, 5.74) is 9.08. The number of fused-ring (bicyclic) bond motifs is 4. The van der Waals surface area contributed by atoms with Crippen molar-refractivity contribution in [3.05, 3.63) is 118 Å². The minimum absolute atomic E-state index is 0.132. The first-order valence-electron chi connectivity index (χ1n) is 12.4. The molecule has 0 amide bonds. The second-order valence-electron chi connectivity index (χ2n) is 10.2. The largest absolute Gasteiger partial charge is 0.497 e. The highest BCUT2D eigenvalue weighted by Crippen LogP contribution is 2.88. The summed E-state index contributed by atoms with van der Waals surface area (Å²) in [6.07, 6.45) is 1.28. The topological polar surface area (TPSA) is 9.23 Å². The molecule has 35 heavy (non-hydrogen) atoms. The number of benzene rings is 3. The Balaban J connectivity index is 1.68. The van der Waals surface area contributed by atoms with E-state index in [9.17, 15) is 0 Å². The van der Waals surface area contributed by atoms with Crippen LogP contribution in [0.15, 0.2) is 90.5 Å². The van der Waals surface area contributed by atoms with Crippen LogP contribution in [0.2, 0.25) is 0 Å². The summed E-state index contributed by atoms with van der Waals surface area (Å²) < 4.78 is 5.52. The van der Waals surface area contributed by atoms with E-state index in [0.29, 0.717) is 5.92 Å². The summed E-state index contributed by atoms with van der Waals surface area (Å²) in [4.78, 5) is 0. The zero-order valence-electron chi connectivity index (χ0n) is 21.2. The molecule has 6 rings (SSSR count). The molecular formula is C32H32OP2. The van der Waals surface area contributed by atoms with E-state index in [1.165, 1.54) is 34.0 Å². The third kappa shape index (κ3) is 3.32. The van der Waals surface area contributed by atoms with Crippen LogP contribution in [-0.2, 0) is 0 Å². The van der Waals surface area contributed by atoms with E-state index in [-0.39, 0.29) is 13.0 Å². The van der Waals surface area contributed by atoms with Gasteiger partial charge in [-0.1, -0.05) is 92.5 Å². The van der Waals surface area contributed by atoms with Gasteiger partial charge in [0.2, 0.25) is 0 Å². The molecule has 0 aliphatic carbocycles. The Labute approximate surface area is 211 Å². The van der Waals surface area contributed by atoms with E-state index in [1.54, 1.807) is 28.6 Å². The molecule has 4 atom stereocenters. The molecule has 2 aliphatic rings. The Morgan fingerprint density at radius 3 is 1.97 bits per heavy atom. The van der Waals surface area contributed by atoms with E-state index in [2.05, 4.69) is 113 Å². The Hall–Kier alpha value is -2.59. The van der Waals surface area contributed by atoms with Crippen molar-refractivity contribution < 1.29 is 4.74 Å². The van der Waals surface area contributed by atoms with Crippen molar-refractivity contribution in [1.82, 2.24) is 0 Å². The SMILES string of the molecule is COc1ccc([C@H]2c3c(C)c(C)c(-c4ccccc4)p3[P@@]3C[C@]2(C)C(C)=C3c2ccccc2)cc1.